The highest BCUT2D eigenvalue weighted by Crippen LogP contribution is 2.31. The number of rotatable bonds is 5. The Morgan fingerprint density at radius 2 is 1.77 bits per heavy atom. The lowest BCUT2D eigenvalue weighted by Gasteiger charge is -2.30. The van der Waals surface area contributed by atoms with Crippen LogP contribution in [0.4, 0.5) is 4.79 Å². The molecule has 0 saturated carbocycles. The first-order chi connectivity index (χ1) is 10.5. The molecule has 22 heavy (non-hydrogen) atoms. The highest BCUT2D eigenvalue weighted by Gasteiger charge is 2.37. The van der Waals surface area contributed by atoms with Crippen molar-refractivity contribution in [3.8, 4) is 11.5 Å². The third-order valence-electron chi connectivity index (χ3n) is 4.31. The van der Waals surface area contributed by atoms with Gasteiger partial charge in [0.05, 0.1) is 7.11 Å². The van der Waals surface area contributed by atoms with Gasteiger partial charge in [0.15, 0.2) is 0 Å². The molecule has 1 aliphatic heterocycles. The summed E-state index contributed by atoms with van der Waals surface area (Å²) in [6.07, 6.45) is 3.95. The maximum Gasteiger partial charge on any atom is 0.415 e. The molecule has 0 N–H and O–H groups in total. The van der Waals surface area contributed by atoms with E-state index in [4.69, 9.17) is 9.47 Å². The third-order valence-corrected chi connectivity index (χ3v) is 4.31. The Morgan fingerprint density at radius 3 is 2.32 bits per heavy atom. The van der Waals surface area contributed by atoms with Crippen LogP contribution in [-0.4, -0.2) is 30.2 Å². The van der Waals surface area contributed by atoms with Gasteiger partial charge in [0.1, 0.15) is 11.5 Å². The molecule has 0 aliphatic carbocycles. The van der Waals surface area contributed by atoms with Crippen LogP contribution in [0.1, 0.15) is 46.5 Å². The fraction of sp³-hybridized carbons (Fsp3) is 0.611. The van der Waals surface area contributed by atoms with Crippen molar-refractivity contribution in [3.05, 3.63) is 24.3 Å². The van der Waals surface area contributed by atoms with E-state index in [1.165, 1.54) is 0 Å². The van der Waals surface area contributed by atoms with Gasteiger partial charge in [-0.2, -0.15) is 0 Å². The van der Waals surface area contributed by atoms with E-state index in [1.807, 2.05) is 4.90 Å². The van der Waals surface area contributed by atoms with Gasteiger partial charge >= 0.3 is 6.09 Å². The fourth-order valence-electron chi connectivity index (χ4n) is 3.23. The quantitative estimate of drug-likeness (QED) is 0.805. The molecule has 4 heteroatoms. The molecule has 2 unspecified atom stereocenters. The van der Waals surface area contributed by atoms with Crippen molar-refractivity contribution in [2.75, 3.05) is 7.11 Å². The Kier molecular flexibility index (Phi) is 5.69. The predicted octanol–water partition coefficient (Wildman–Crippen LogP) is 4.48. The predicted molar refractivity (Wildman–Crippen MR) is 87.4 cm³/mol. The van der Waals surface area contributed by atoms with Gasteiger partial charge in [-0.15, -0.1) is 0 Å². The number of ether oxygens (including phenoxy) is 2. The van der Waals surface area contributed by atoms with Crippen LogP contribution in [-0.2, 0) is 0 Å². The van der Waals surface area contributed by atoms with Crippen molar-refractivity contribution in [1.29, 1.82) is 0 Å². The zero-order valence-electron chi connectivity index (χ0n) is 14.0. The minimum Gasteiger partial charge on any atom is -0.497 e. The molecule has 0 radical (unpaired) electrons. The molecule has 2 atom stereocenters. The molecule has 1 saturated heterocycles. The van der Waals surface area contributed by atoms with E-state index in [1.54, 1.807) is 31.4 Å². The van der Waals surface area contributed by atoms with Gasteiger partial charge in [0.25, 0.3) is 0 Å². The Balaban J connectivity index is 2.06. The van der Waals surface area contributed by atoms with Crippen LogP contribution in [0.25, 0.3) is 0 Å². The molecular formula is C18H27NO3. The summed E-state index contributed by atoms with van der Waals surface area (Å²) in [7, 11) is 1.62. The van der Waals surface area contributed by atoms with E-state index in [0.29, 0.717) is 23.8 Å². The smallest absolute Gasteiger partial charge is 0.415 e. The topological polar surface area (TPSA) is 38.8 Å². The van der Waals surface area contributed by atoms with E-state index in [2.05, 4.69) is 20.8 Å². The second kappa shape index (κ2) is 7.52. The summed E-state index contributed by atoms with van der Waals surface area (Å²) in [4.78, 5) is 14.6. The highest BCUT2D eigenvalue weighted by atomic mass is 16.6. The van der Waals surface area contributed by atoms with Crippen molar-refractivity contribution in [2.24, 2.45) is 5.92 Å². The van der Waals surface area contributed by atoms with Gasteiger partial charge in [-0.05, 0) is 55.9 Å². The summed E-state index contributed by atoms with van der Waals surface area (Å²) in [6.45, 7) is 6.54. The third kappa shape index (κ3) is 3.93. The number of carbonyl (C=O) groups excluding carboxylic acids is 1. The molecule has 1 fully saturated rings. The Hall–Kier alpha value is -1.71. The van der Waals surface area contributed by atoms with Crippen LogP contribution in [0.15, 0.2) is 24.3 Å². The van der Waals surface area contributed by atoms with Crippen LogP contribution in [0, 0.1) is 5.92 Å². The Labute approximate surface area is 133 Å². The van der Waals surface area contributed by atoms with Crippen molar-refractivity contribution < 1.29 is 14.3 Å². The standard InChI is InChI=1S/C18H27NO3/c1-5-14-6-7-15(12-13(2)3)19(14)18(20)22-17-10-8-16(21-4)9-11-17/h8-11,13-15H,5-7,12H2,1-4H3. The first-order valence-electron chi connectivity index (χ1n) is 8.19. The van der Waals surface area contributed by atoms with E-state index in [-0.39, 0.29) is 6.09 Å². The number of hydrogen-bond donors (Lipinski definition) is 0. The zero-order chi connectivity index (χ0) is 16.1. The Morgan fingerprint density at radius 1 is 1.18 bits per heavy atom. The molecular weight excluding hydrogens is 278 g/mol. The molecule has 1 aromatic carbocycles. The molecule has 1 aromatic rings. The average Bonchev–Trinajstić information content (AvgIpc) is 2.90. The monoisotopic (exact) mass is 305 g/mol. The van der Waals surface area contributed by atoms with E-state index in [9.17, 15) is 4.79 Å². The van der Waals surface area contributed by atoms with Crippen LogP contribution < -0.4 is 9.47 Å². The zero-order valence-corrected chi connectivity index (χ0v) is 14.0. The van der Waals surface area contributed by atoms with Gasteiger partial charge in [0.2, 0.25) is 0 Å². The molecule has 2 rings (SSSR count). The number of amides is 1. The SMILES string of the molecule is CCC1CCC(CC(C)C)N1C(=O)Oc1ccc(OC)cc1. The first-order valence-corrected chi connectivity index (χ1v) is 8.19. The second-order valence-corrected chi connectivity index (χ2v) is 6.37. The molecule has 0 aromatic heterocycles. The van der Waals surface area contributed by atoms with Crippen molar-refractivity contribution in [1.82, 2.24) is 4.90 Å². The van der Waals surface area contributed by atoms with Gasteiger partial charge in [-0.25, -0.2) is 4.79 Å². The summed E-state index contributed by atoms with van der Waals surface area (Å²) >= 11 is 0. The van der Waals surface area contributed by atoms with Crippen molar-refractivity contribution in [2.45, 2.75) is 58.5 Å². The van der Waals surface area contributed by atoms with Crippen molar-refractivity contribution in [3.63, 3.8) is 0 Å². The first kappa shape index (κ1) is 16.7. The van der Waals surface area contributed by atoms with E-state index >= 15 is 0 Å². The number of nitrogens with zero attached hydrogens (tertiary/aromatic N) is 1. The maximum absolute atomic E-state index is 12.6. The van der Waals surface area contributed by atoms with Crippen LogP contribution >= 0.6 is 0 Å². The van der Waals surface area contributed by atoms with E-state index < -0.39 is 0 Å². The summed E-state index contributed by atoms with van der Waals surface area (Å²) in [5.74, 6) is 1.90. The van der Waals surface area contributed by atoms with Gasteiger partial charge in [0, 0.05) is 12.1 Å². The molecule has 4 nitrogen and oxygen atoms in total. The molecule has 0 spiro atoms. The summed E-state index contributed by atoms with van der Waals surface area (Å²) < 4.78 is 10.7. The number of hydrogen-bond acceptors (Lipinski definition) is 3. The number of benzene rings is 1. The average molecular weight is 305 g/mol. The molecule has 1 aliphatic rings. The van der Waals surface area contributed by atoms with Crippen molar-refractivity contribution >= 4 is 6.09 Å². The lowest BCUT2D eigenvalue weighted by Crippen LogP contribution is -2.43. The van der Waals surface area contributed by atoms with Gasteiger partial charge < -0.3 is 14.4 Å². The van der Waals surface area contributed by atoms with Crippen LogP contribution in [0.5, 0.6) is 11.5 Å². The molecule has 122 valence electrons. The number of carbonyl (C=O) groups is 1. The largest absolute Gasteiger partial charge is 0.497 e. The number of methoxy groups -OCH3 is 1. The molecule has 1 heterocycles. The summed E-state index contributed by atoms with van der Waals surface area (Å²) in [5, 5.41) is 0. The Bertz CT molecular complexity index is 484. The fourth-order valence-corrected chi connectivity index (χ4v) is 3.23. The summed E-state index contributed by atoms with van der Waals surface area (Å²) in [5.41, 5.74) is 0. The van der Waals surface area contributed by atoms with Gasteiger partial charge in [-0.1, -0.05) is 20.8 Å². The second-order valence-electron chi connectivity index (χ2n) is 6.37. The lowest BCUT2D eigenvalue weighted by molar-refractivity contribution is 0.122. The van der Waals surface area contributed by atoms with E-state index in [0.717, 1.165) is 31.4 Å². The number of likely N-dealkylation sites (tertiary alicyclic amines) is 1. The minimum atomic E-state index is -0.222. The molecule has 0 bridgehead atoms. The highest BCUT2D eigenvalue weighted by molar-refractivity contribution is 5.72. The molecule has 1 amide bonds. The lowest BCUT2D eigenvalue weighted by atomic mass is 10.0. The van der Waals surface area contributed by atoms with Crippen LogP contribution in [0.3, 0.4) is 0 Å². The maximum atomic E-state index is 12.6. The minimum absolute atomic E-state index is 0.222. The normalized spacial score (nSPS) is 21.2. The van der Waals surface area contributed by atoms with Crippen LogP contribution in [0.2, 0.25) is 0 Å². The summed E-state index contributed by atoms with van der Waals surface area (Å²) in [6, 6.07) is 7.74. The van der Waals surface area contributed by atoms with Gasteiger partial charge in [-0.3, -0.25) is 0 Å².